The van der Waals surface area contributed by atoms with Crippen molar-refractivity contribution in [2.75, 3.05) is 32.8 Å². The van der Waals surface area contributed by atoms with E-state index >= 15 is 0 Å². The average Bonchev–Trinajstić information content (AvgIpc) is 3.31. The van der Waals surface area contributed by atoms with Crippen LogP contribution in [0.3, 0.4) is 0 Å². The molecule has 172 valence electrons. The molecule has 1 unspecified atom stereocenters. The number of hydrogen-bond acceptors (Lipinski definition) is 6. The Morgan fingerprint density at radius 3 is 2.31 bits per heavy atom. The van der Waals surface area contributed by atoms with Gasteiger partial charge < -0.3 is 15.2 Å². The van der Waals surface area contributed by atoms with Crippen LogP contribution in [0.1, 0.15) is 23.2 Å². The van der Waals surface area contributed by atoms with E-state index in [0.29, 0.717) is 17.9 Å². The highest BCUT2D eigenvalue weighted by Gasteiger charge is 2.26. The van der Waals surface area contributed by atoms with E-state index in [1.165, 1.54) is 37.1 Å². The highest BCUT2D eigenvalue weighted by molar-refractivity contribution is 7.89. The Balaban J connectivity index is 1.50. The van der Waals surface area contributed by atoms with Crippen molar-refractivity contribution in [2.24, 2.45) is 0 Å². The van der Waals surface area contributed by atoms with Gasteiger partial charge in [0, 0.05) is 18.7 Å². The van der Waals surface area contributed by atoms with E-state index in [1.54, 1.807) is 30.3 Å². The minimum Gasteiger partial charge on any atom is -0.492 e. The van der Waals surface area contributed by atoms with E-state index in [0.717, 1.165) is 19.6 Å². The Kier molecular flexibility index (Phi) is 8.20. The van der Waals surface area contributed by atoms with Gasteiger partial charge in [-0.15, -0.1) is 0 Å². The lowest BCUT2D eigenvalue weighted by Gasteiger charge is -2.16. The summed E-state index contributed by atoms with van der Waals surface area (Å²) in [5.74, 6) is -1.27. The average molecular weight is 462 g/mol. The number of amides is 1. The van der Waals surface area contributed by atoms with Gasteiger partial charge in [0.05, 0.1) is 4.90 Å². The van der Waals surface area contributed by atoms with Gasteiger partial charge in [-0.3, -0.25) is 14.5 Å². The van der Waals surface area contributed by atoms with Gasteiger partial charge in [-0.25, -0.2) is 8.42 Å². The molecule has 3 rings (SSSR count). The number of likely N-dealkylation sites (tertiary alicyclic amines) is 1. The van der Waals surface area contributed by atoms with E-state index in [-0.39, 0.29) is 4.90 Å². The van der Waals surface area contributed by atoms with Crippen LogP contribution in [0.25, 0.3) is 0 Å². The first-order chi connectivity index (χ1) is 15.3. The maximum Gasteiger partial charge on any atom is 0.323 e. The maximum atomic E-state index is 12.4. The predicted molar refractivity (Wildman–Crippen MR) is 118 cm³/mol. The summed E-state index contributed by atoms with van der Waals surface area (Å²) in [6.07, 6.45) is 2.44. The largest absolute Gasteiger partial charge is 0.492 e. The van der Waals surface area contributed by atoms with Crippen LogP contribution < -0.4 is 14.8 Å². The fraction of sp³-hybridized carbons (Fsp3) is 0.364. The number of rotatable bonds is 11. The van der Waals surface area contributed by atoms with Gasteiger partial charge in [-0.2, -0.15) is 4.72 Å². The molecule has 32 heavy (non-hydrogen) atoms. The molecule has 0 radical (unpaired) electrons. The number of carboxylic acids is 1. The maximum absolute atomic E-state index is 12.4. The molecule has 2 aromatic rings. The summed E-state index contributed by atoms with van der Waals surface area (Å²) < 4.78 is 32.5. The summed E-state index contributed by atoms with van der Waals surface area (Å²) in [5, 5.41) is 11.8. The van der Waals surface area contributed by atoms with Crippen molar-refractivity contribution in [1.82, 2.24) is 14.9 Å². The Morgan fingerprint density at radius 1 is 1.03 bits per heavy atom. The van der Waals surface area contributed by atoms with E-state index in [4.69, 9.17) is 4.74 Å². The standard InChI is InChI=1S/C22H27N3O6S/c26-21(17-8-10-18(11-9-17)31-15-14-25-12-4-5-13-25)23-16-20(22(27)28)24-32(29,30)19-6-2-1-3-7-19/h1-3,6-11,20,24H,4-5,12-16H2,(H,23,26)(H,27,28). The van der Waals surface area contributed by atoms with Crippen molar-refractivity contribution < 1.29 is 27.9 Å². The molecular formula is C22H27N3O6S. The fourth-order valence-corrected chi connectivity index (χ4v) is 4.54. The zero-order valence-corrected chi connectivity index (χ0v) is 18.4. The molecule has 1 fully saturated rings. The van der Waals surface area contributed by atoms with Crippen molar-refractivity contribution in [3.63, 3.8) is 0 Å². The van der Waals surface area contributed by atoms with E-state index < -0.39 is 34.5 Å². The lowest BCUT2D eigenvalue weighted by molar-refractivity contribution is -0.138. The second-order valence-electron chi connectivity index (χ2n) is 7.46. The Morgan fingerprint density at radius 2 is 1.69 bits per heavy atom. The van der Waals surface area contributed by atoms with Crippen molar-refractivity contribution in [3.8, 4) is 5.75 Å². The first-order valence-corrected chi connectivity index (χ1v) is 11.9. The number of nitrogens with zero attached hydrogens (tertiary/aromatic N) is 1. The van der Waals surface area contributed by atoms with Crippen LogP contribution in [0.15, 0.2) is 59.5 Å². The number of hydrogen-bond donors (Lipinski definition) is 3. The molecular weight excluding hydrogens is 434 g/mol. The molecule has 9 nitrogen and oxygen atoms in total. The third-order valence-corrected chi connectivity index (χ3v) is 6.59. The third kappa shape index (κ3) is 6.78. The van der Waals surface area contributed by atoms with E-state index in [9.17, 15) is 23.1 Å². The second kappa shape index (κ2) is 11.1. The first kappa shape index (κ1) is 23.7. The van der Waals surface area contributed by atoms with Crippen LogP contribution in [0.4, 0.5) is 0 Å². The number of carboxylic acid groups (broad SMARTS) is 1. The number of carbonyl (C=O) groups excluding carboxylic acids is 1. The topological polar surface area (TPSA) is 125 Å². The normalized spacial score (nSPS) is 15.2. The highest BCUT2D eigenvalue weighted by Crippen LogP contribution is 2.13. The molecule has 0 saturated carbocycles. The van der Waals surface area contributed by atoms with E-state index in [1.807, 2.05) is 0 Å². The van der Waals surface area contributed by atoms with Crippen LogP contribution in [0.5, 0.6) is 5.75 Å². The minimum absolute atomic E-state index is 0.0575. The molecule has 3 N–H and O–H groups in total. The summed E-state index contributed by atoms with van der Waals surface area (Å²) >= 11 is 0. The smallest absolute Gasteiger partial charge is 0.323 e. The number of aliphatic carboxylic acids is 1. The van der Waals surface area contributed by atoms with Crippen LogP contribution in [0.2, 0.25) is 0 Å². The number of sulfonamides is 1. The number of benzene rings is 2. The monoisotopic (exact) mass is 461 g/mol. The lowest BCUT2D eigenvalue weighted by atomic mass is 10.2. The molecule has 10 heteroatoms. The Hall–Kier alpha value is -2.95. The van der Waals surface area contributed by atoms with Crippen molar-refractivity contribution >= 4 is 21.9 Å². The molecule has 1 aliphatic heterocycles. The molecule has 0 aromatic heterocycles. The van der Waals surface area contributed by atoms with Gasteiger partial charge >= 0.3 is 5.97 Å². The van der Waals surface area contributed by atoms with Crippen LogP contribution >= 0.6 is 0 Å². The lowest BCUT2D eigenvalue weighted by Crippen LogP contribution is -2.48. The molecule has 0 bridgehead atoms. The van der Waals surface area contributed by atoms with Crippen molar-refractivity contribution in [3.05, 3.63) is 60.2 Å². The molecule has 0 aliphatic carbocycles. The molecule has 1 atom stereocenters. The minimum atomic E-state index is -4.04. The van der Waals surface area contributed by atoms with Gasteiger partial charge in [0.2, 0.25) is 10.0 Å². The molecule has 2 aromatic carbocycles. The van der Waals surface area contributed by atoms with Gasteiger partial charge in [-0.05, 0) is 62.3 Å². The van der Waals surface area contributed by atoms with Gasteiger partial charge in [0.25, 0.3) is 5.91 Å². The Bertz CT molecular complexity index is 1010. The van der Waals surface area contributed by atoms with Crippen molar-refractivity contribution in [1.29, 1.82) is 0 Å². The summed E-state index contributed by atoms with van der Waals surface area (Å²) in [6.45, 7) is 3.21. The third-order valence-electron chi connectivity index (χ3n) is 5.11. The highest BCUT2D eigenvalue weighted by atomic mass is 32.2. The summed E-state index contributed by atoms with van der Waals surface area (Å²) in [5.41, 5.74) is 0.312. The molecule has 0 spiro atoms. The number of nitrogens with one attached hydrogen (secondary N) is 2. The summed E-state index contributed by atoms with van der Waals surface area (Å²) in [4.78, 5) is 26.2. The zero-order chi connectivity index (χ0) is 23.0. The molecule has 1 amide bonds. The van der Waals surface area contributed by atoms with Crippen LogP contribution in [0, 0.1) is 0 Å². The molecule has 1 heterocycles. The number of ether oxygens (including phenoxy) is 1. The number of carbonyl (C=O) groups is 2. The van der Waals surface area contributed by atoms with Crippen LogP contribution in [-0.2, 0) is 14.8 Å². The summed E-state index contributed by atoms with van der Waals surface area (Å²) in [7, 11) is -4.04. The SMILES string of the molecule is O=C(NCC(NS(=O)(=O)c1ccccc1)C(=O)O)c1ccc(OCCN2CCCC2)cc1. The van der Waals surface area contributed by atoms with Crippen LogP contribution in [-0.4, -0.2) is 69.1 Å². The first-order valence-electron chi connectivity index (χ1n) is 10.4. The zero-order valence-electron chi connectivity index (χ0n) is 17.6. The van der Waals surface area contributed by atoms with Gasteiger partial charge in [0.1, 0.15) is 18.4 Å². The quantitative estimate of drug-likeness (QED) is 0.461. The fourth-order valence-electron chi connectivity index (χ4n) is 3.33. The van der Waals surface area contributed by atoms with Gasteiger partial charge in [-0.1, -0.05) is 18.2 Å². The van der Waals surface area contributed by atoms with E-state index in [2.05, 4.69) is 14.9 Å². The molecule has 1 aliphatic rings. The summed E-state index contributed by atoms with van der Waals surface area (Å²) in [6, 6.07) is 12.4. The Labute approximate surface area is 187 Å². The van der Waals surface area contributed by atoms with Crippen molar-refractivity contribution in [2.45, 2.75) is 23.8 Å². The predicted octanol–water partition coefficient (Wildman–Crippen LogP) is 1.32. The second-order valence-corrected chi connectivity index (χ2v) is 9.17. The van der Waals surface area contributed by atoms with Gasteiger partial charge in [0.15, 0.2) is 0 Å². The molecule has 1 saturated heterocycles.